The number of alkyl halides is 1. The number of ether oxygens (including phenoxy) is 1. The second-order valence-corrected chi connectivity index (χ2v) is 3.78. The third-order valence-electron chi connectivity index (χ3n) is 1.87. The summed E-state index contributed by atoms with van der Waals surface area (Å²) >= 11 is 7.48. The average Bonchev–Trinajstić information content (AvgIpc) is 2.28. The van der Waals surface area contributed by atoms with Crippen molar-refractivity contribution in [3.05, 3.63) is 28.8 Å². The fraction of sp³-hybridized carbons (Fsp3) is 0.200. The second-order valence-electron chi connectivity index (χ2n) is 2.77. The molecule has 0 saturated carbocycles. The molecule has 15 heavy (non-hydrogen) atoms. The van der Waals surface area contributed by atoms with Crippen LogP contribution in [0, 0.1) is 11.3 Å². The predicted octanol–water partition coefficient (Wildman–Crippen LogP) is 2.53. The molecule has 0 radical (unpaired) electrons. The van der Waals surface area contributed by atoms with Gasteiger partial charge in [0, 0.05) is 10.2 Å². The molecule has 3 nitrogen and oxygen atoms in total. The Morgan fingerprint density at radius 3 is 2.80 bits per heavy atom. The molecule has 0 bridgehead atoms. The Labute approximate surface area is 102 Å². The molecule has 1 rings (SSSR count). The van der Waals surface area contributed by atoms with Gasteiger partial charge in [0.05, 0.1) is 18.2 Å². The normalized spacial score (nSPS) is 9.47. The van der Waals surface area contributed by atoms with Crippen molar-refractivity contribution in [1.29, 1.82) is 5.26 Å². The zero-order valence-electron chi connectivity index (χ0n) is 7.95. The minimum Gasteiger partial charge on any atom is -0.465 e. The quantitative estimate of drug-likeness (QED) is 0.516. The van der Waals surface area contributed by atoms with Crippen LogP contribution in [0.2, 0.25) is 0 Å². The maximum atomic E-state index is 11.3. The zero-order valence-corrected chi connectivity index (χ0v) is 10.4. The number of carbonyl (C=O) groups excluding carboxylic acids is 1. The lowest BCUT2D eigenvalue weighted by Crippen LogP contribution is -2.03. The van der Waals surface area contributed by atoms with Crippen LogP contribution in [0.1, 0.15) is 21.5 Å². The highest BCUT2D eigenvalue weighted by molar-refractivity contribution is 9.08. The molecular formula is C10H8BrNO2S. The molecule has 0 aliphatic rings. The lowest BCUT2D eigenvalue weighted by Gasteiger charge is -2.06. The number of carbonyl (C=O) groups is 1. The highest BCUT2D eigenvalue weighted by Gasteiger charge is 2.12. The Morgan fingerprint density at radius 2 is 2.33 bits per heavy atom. The first-order chi connectivity index (χ1) is 7.13. The third kappa shape index (κ3) is 2.52. The van der Waals surface area contributed by atoms with Gasteiger partial charge in [-0.05, 0) is 17.7 Å². The molecule has 1 aromatic carbocycles. The molecule has 5 heteroatoms. The zero-order chi connectivity index (χ0) is 11.4. The lowest BCUT2D eigenvalue weighted by molar-refractivity contribution is 0.0600. The Balaban J connectivity index is 3.34. The van der Waals surface area contributed by atoms with Gasteiger partial charge in [0.1, 0.15) is 6.07 Å². The second kappa shape index (κ2) is 5.19. The van der Waals surface area contributed by atoms with Gasteiger partial charge >= 0.3 is 5.97 Å². The van der Waals surface area contributed by atoms with Crippen LogP contribution >= 0.6 is 28.6 Å². The third-order valence-corrected chi connectivity index (χ3v) is 3.01. The summed E-state index contributed by atoms with van der Waals surface area (Å²) in [5.41, 5.74) is 1.52. The van der Waals surface area contributed by atoms with Gasteiger partial charge < -0.3 is 4.74 Å². The van der Waals surface area contributed by atoms with Gasteiger partial charge in [0.2, 0.25) is 0 Å². The van der Waals surface area contributed by atoms with E-state index in [1.54, 1.807) is 6.07 Å². The number of esters is 1. The van der Waals surface area contributed by atoms with Crippen molar-refractivity contribution in [2.24, 2.45) is 0 Å². The first-order valence-electron chi connectivity index (χ1n) is 4.04. The van der Waals surface area contributed by atoms with Crippen LogP contribution in [-0.4, -0.2) is 13.1 Å². The molecule has 0 atom stereocenters. The van der Waals surface area contributed by atoms with E-state index in [-0.39, 0.29) is 0 Å². The Kier molecular flexibility index (Phi) is 4.18. The van der Waals surface area contributed by atoms with Crippen molar-refractivity contribution in [3.63, 3.8) is 0 Å². The summed E-state index contributed by atoms with van der Waals surface area (Å²) in [5.74, 6) is -0.456. The monoisotopic (exact) mass is 285 g/mol. The SMILES string of the molecule is COC(=O)c1cc(C#N)c(S)c(CBr)c1. The highest BCUT2D eigenvalue weighted by atomic mass is 79.9. The van der Waals surface area contributed by atoms with Gasteiger partial charge in [-0.3, -0.25) is 0 Å². The van der Waals surface area contributed by atoms with Crippen LogP contribution in [0.5, 0.6) is 0 Å². The summed E-state index contributed by atoms with van der Waals surface area (Å²) in [7, 11) is 1.30. The van der Waals surface area contributed by atoms with E-state index in [2.05, 4.69) is 33.3 Å². The molecule has 0 saturated heterocycles. The summed E-state index contributed by atoms with van der Waals surface area (Å²) in [5, 5.41) is 9.38. The van der Waals surface area contributed by atoms with Crippen LogP contribution in [0.25, 0.3) is 0 Å². The largest absolute Gasteiger partial charge is 0.465 e. The predicted molar refractivity (Wildman–Crippen MR) is 62.4 cm³/mol. The standard InChI is InChI=1S/C10H8BrNO2S/c1-14-10(13)6-2-7(4-11)9(15)8(3-6)5-12/h2-3,15H,4H2,1H3. The first kappa shape index (κ1) is 12.1. The molecule has 0 fully saturated rings. The van der Waals surface area contributed by atoms with Crippen LogP contribution in [0.4, 0.5) is 0 Å². The number of benzene rings is 1. The molecule has 0 aromatic heterocycles. The number of halogens is 1. The fourth-order valence-electron chi connectivity index (χ4n) is 1.12. The molecule has 0 amide bonds. The lowest BCUT2D eigenvalue weighted by atomic mass is 10.1. The Bertz CT molecular complexity index is 440. The smallest absolute Gasteiger partial charge is 0.337 e. The highest BCUT2D eigenvalue weighted by Crippen LogP contribution is 2.23. The van der Waals surface area contributed by atoms with Gasteiger partial charge in [-0.25, -0.2) is 4.79 Å². The minimum absolute atomic E-state index is 0.362. The van der Waals surface area contributed by atoms with Gasteiger partial charge in [-0.2, -0.15) is 5.26 Å². The molecule has 0 unspecified atom stereocenters. The van der Waals surface area contributed by atoms with Gasteiger partial charge in [-0.1, -0.05) is 15.9 Å². The van der Waals surface area contributed by atoms with E-state index in [4.69, 9.17) is 5.26 Å². The number of hydrogen-bond acceptors (Lipinski definition) is 4. The summed E-state index contributed by atoms with van der Waals surface area (Å²) in [4.78, 5) is 11.9. The number of hydrogen-bond donors (Lipinski definition) is 1. The van der Waals surface area contributed by atoms with E-state index >= 15 is 0 Å². The molecule has 0 aliphatic heterocycles. The average molecular weight is 286 g/mol. The number of rotatable bonds is 2. The number of thiol groups is 1. The van der Waals surface area contributed by atoms with E-state index in [1.807, 2.05) is 6.07 Å². The van der Waals surface area contributed by atoms with E-state index in [0.29, 0.717) is 21.4 Å². The maximum absolute atomic E-state index is 11.3. The van der Waals surface area contributed by atoms with Gasteiger partial charge in [0.25, 0.3) is 0 Å². The van der Waals surface area contributed by atoms with Crippen LogP contribution < -0.4 is 0 Å². The van der Waals surface area contributed by atoms with Crippen molar-refractivity contribution in [2.75, 3.05) is 7.11 Å². The molecule has 0 aliphatic carbocycles. The molecule has 1 aromatic rings. The summed E-state index contributed by atoms with van der Waals surface area (Å²) < 4.78 is 4.59. The van der Waals surface area contributed by atoms with Crippen molar-refractivity contribution >= 4 is 34.5 Å². The van der Waals surface area contributed by atoms with E-state index in [9.17, 15) is 4.79 Å². The molecular weight excluding hydrogens is 278 g/mol. The maximum Gasteiger partial charge on any atom is 0.337 e. The van der Waals surface area contributed by atoms with E-state index < -0.39 is 5.97 Å². The van der Waals surface area contributed by atoms with E-state index in [0.717, 1.165) is 5.56 Å². The summed E-state index contributed by atoms with van der Waals surface area (Å²) in [6, 6.07) is 5.11. The van der Waals surface area contributed by atoms with Gasteiger partial charge in [0.15, 0.2) is 0 Å². The van der Waals surface area contributed by atoms with Crippen molar-refractivity contribution in [3.8, 4) is 6.07 Å². The van der Waals surface area contributed by atoms with Gasteiger partial charge in [-0.15, -0.1) is 12.6 Å². The van der Waals surface area contributed by atoms with Crippen molar-refractivity contribution < 1.29 is 9.53 Å². The minimum atomic E-state index is -0.456. The van der Waals surface area contributed by atoms with Crippen molar-refractivity contribution in [2.45, 2.75) is 10.2 Å². The van der Waals surface area contributed by atoms with Crippen LogP contribution in [-0.2, 0) is 10.1 Å². The number of nitriles is 1. The molecule has 0 N–H and O–H groups in total. The molecule has 78 valence electrons. The fourth-order valence-corrected chi connectivity index (χ4v) is 2.03. The Hall–Kier alpha value is -0.990. The van der Waals surface area contributed by atoms with Crippen molar-refractivity contribution in [1.82, 2.24) is 0 Å². The topological polar surface area (TPSA) is 50.1 Å². The number of methoxy groups -OCH3 is 1. The van der Waals surface area contributed by atoms with Crippen LogP contribution in [0.3, 0.4) is 0 Å². The summed E-state index contributed by atoms with van der Waals surface area (Å²) in [6.45, 7) is 0. The van der Waals surface area contributed by atoms with E-state index in [1.165, 1.54) is 13.2 Å². The van der Waals surface area contributed by atoms with Crippen LogP contribution in [0.15, 0.2) is 17.0 Å². The summed E-state index contributed by atoms with van der Waals surface area (Å²) in [6.07, 6.45) is 0. The molecule has 0 heterocycles. The Morgan fingerprint density at radius 1 is 1.67 bits per heavy atom. The molecule has 0 spiro atoms. The first-order valence-corrected chi connectivity index (χ1v) is 5.61. The number of nitrogens with zero attached hydrogens (tertiary/aromatic N) is 1.